The van der Waals surface area contributed by atoms with Gasteiger partial charge in [0.25, 0.3) is 5.91 Å². The van der Waals surface area contributed by atoms with E-state index >= 15 is 0 Å². The van der Waals surface area contributed by atoms with Gasteiger partial charge >= 0.3 is 0 Å². The fourth-order valence-electron chi connectivity index (χ4n) is 3.48. The molecule has 1 aromatic rings. The quantitative estimate of drug-likeness (QED) is 0.481. The number of rotatable bonds is 10. The van der Waals surface area contributed by atoms with Crippen molar-refractivity contribution in [2.75, 3.05) is 53.5 Å². The summed E-state index contributed by atoms with van der Waals surface area (Å²) in [6.07, 6.45) is 3.46. The SMILES string of the molecule is CCCCCNC(=O)C[NH+]1CC[NH+](Cc2ccc(OC)c(OC)c2)CC1. The molecule has 2 rings (SSSR count). The van der Waals surface area contributed by atoms with Crippen molar-refractivity contribution >= 4 is 5.91 Å². The number of carbonyl (C=O) groups excluding carboxylic acids is 1. The highest BCUT2D eigenvalue weighted by Gasteiger charge is 2.25. The standard InChI is InChI=1S/C20H33N3O3/c1-4-5-6-9-21-20(24)16-23-12-10-22(11-13-23)15-17-7-8-18(25-2)19(14-17)26-3/h7-8,14H,4-6,9-13,15-16H2,1-3H3,(H,21,24)/p+2. The van der Waals surface area contributed by atoms with Crippen molar-refractivity contribution in [2.45, 2.75) is 32.7 Å². The second-order valence-corrected chi connectivity index (χ2v) is 7.10. The lowest BCUT2D eigenvalue weighted by Gasteiger charge is -2.29. The third kappa shape index (κ3) is 6.50. The molecule has 0 atom stereocenters. The van der Waals surface area contributed by atoms with E-state index in [4.69, 9.17) is 9.47 Å². The van der Waals surface area contributed by atoms with Gasteiger partial charge in [-0.05, 0) is 24.6 Å². The lowest BCUT2D eigenvalue weighted by molar-refractivity contribution is -1.02. The zero-order valence-corrected chi connectivity index (χ0v) is 16.5. The maximum absolute atomic E-state index is 12.0. The van der Waals surface area contributed by atoms with Gasteiger partial charge in [-0.25, -0.2) is 0 Å². The lowest BCUT2D eigenvalue weighted by atomic mass is 10.1. The van der Waals surface area contributed by atoms with Crippen LogP contribution < -0.4 is 24.6 Å². The molecule has 0 unspecified atom stereocenters. The molecule has 1 heterocycles. The number of carbonyl (C=O) groups is 1. The molecule has 0 bridgehead atoms. The van der Waals surface area contributed by atoms with Crippen molar-refractivity contribution in [3.05, 3.63) is 23.8 Å². The number of piperazine rings is 1. The van der Waals surface area contributed by atoms with E-state index in [1.807, 2.05) is 6.07 Å². The van der Waals surface area contributed by atoms with Crippen LogP contribution in [0, 0.1) is 0 Å². The van der Waals surface area contributed by atoms with Gasteiger partial charge in [0.15, 0.2) is 18.0 Å². The fourth-order valence-corrected chi connectivity index (χ4v) is 3.48. The van der Waals surface area contributed by atoms with E-state index in [1.165, 1.54) is 23.3 Å². The Kier molecular flexibility index (Phi) is 8.71. The molecule has 0 spiro atoms. The summed E-state index contributed by atoms with van der Waals surface area (Å²) in [5.41, 5.74) is 1.26. The smallest absolute Gasteiger partial charge is 0.275 e. The first kappa shape index (κ1) is 20.5. The van der Waals surface area contributed by atoms with E-state index in [-0.39, 0.29) is 5.91 Å². The Morgan fingerprint density at radius 1 is 1.04 bits per heavy atom. The summed E-state index contributed by atoms with van der Waals surface area (Å²) in [5, 5.41) is 3.05. The number of ether oxygens (including phenoxy) is 2. The van der Waals surface area contributed by atoms with E-state index < -0.39 is 0 Å². The number of methoxy groups -OCH3 is 2. The third-order valence-electron chi connectivity index (χ3n) is 5.08. The molecule has 146 valence electrons. The summed E-state index contributed by atoms with van der Waals surface area (Å²) in [5.74, 6) is 1.75. The Morgan fingerprint density at radius 2 is 1.73 bits per heavy atom. The van der Waals surface area contributed by atoms with Crippen LogP contribution >= 0.6 is 0 Å². The van der Waals surface area contributed by atoms with Crippen LogP contribution in [0.3, 0.4) is 0 Å². The van der Waals surface area contributed by atoms with Crippen molar-refractivity contribution in [1.29, 1.82) is 0 Å². The normalized spacial score (nSPS) is 19.8. The molecule has 0 saturated carbocycles. The zero-order chi connectivity index (χ0) is 18.8. The van der Waals surface area contributed by atoms with Gasteiger partial charge in [-0.3, -0.25) is 4.79 Å². The highest BCUT2D eigenvalue weighted by Crippen LogP contribution is 2.27. The molecule has 0 radical (unpaired) electrons. The number of nitrogens with one attached hydrogen (secondary N) is 3. The topological polar surface area (TPSA) is 56.4 Å². The van der Waals surface area contributed by atoms with Crippen molar-refractivity contribution in [3.8, 4) is 11.5 Å². The predicted octanol–water partition coefficient (Wildman–Crippen LogP) is -0.706. The monoisotopic (exact) mass is 365 g/mol. The maximum atomic E-state index is 12.0. The molecule has 0 aromatic heterocycles. The summed E-state index contributed by atoms with van der Waals surface area (Å²) in [6.45, 7) is 8.86. The van der Waals surface area contributed by atoms with E-state index in [2.05, 4.69) is 24.4 Å². The fraction of sp³-hybridized carbons (Fsp3) is 0.650. The summed E-state index contributed by atoms with van der Waals surface area (Å²) < 4.78 is 10.7. The molecule has 6 nitrogen and oxygen atoms in total. The average molecular weight is 366 g/mol. The highest BCUT2D eigenvalue weighted by molar-refractivity contribution is 5.76. The Morgan fingerprint density at radius 3 is 2.38 bits per heavy atom. The van der Waals surface area contributed by atoms with Gasteiger partial charge in [0.05, 0.1) is 14.2 Å². The van der Waals surface area contributed by atoms with E-state index in [1.54, 1.807) is 19.1 Å². The van der Waals surface area contributed by atoms with Crippen LogP contribution in [0.4, 0.5) is 0 Å². The number of hydrogen-bond donors (Lipinski definition) is 3. The number of unbranched alkanes of at least 4 members (excludes halogenated alkanes) is 2. The summed E-state index contributed by atoms with van der Waals surface area (Å²) >= 11 is 0. The van der Waals surface area contributed by atoms with Crippen LogP contribution in [0.1, 0.15) is 31.7 Å². The maximum Gasteiger partial charge on any atom is 0.275 e. The van der Waals surface area contributed by atoms with Gasteiger partial charge in [0, 0.05) is 12.1 Å². The van der Waals surface area contributed by atoms with Crippen LogP contribution in [0.2, 0.25) is 0 Å². The molecular formula is C20H35N3O3+2. The van der Waals surface area contributed by atoms with Crippen LogP contribution in [0.25, 0.3) is 0 Å². The Balaban J connectivity index is 1.72. The molecule has 1 aliphatic heterocycles. The Bertz CT molecular complexity index is 557. The summed E-state index contributed by atoms with van der Waals surface area (Å²) in [7, 11) is 3.33. The minimum absolute atomic E-state index is 0.194. The highest BCUT2D eigenvalue weighted by atomic mass is 16.5. The lowest BCUT2D eigenvalue weighted by Crippen LogP contribution is -3.28. The molecule has 1 fully saturated rings. The minimum Gasteiger partial charge on any atom is -0.493 e. The molecular weight excluding hydrogens is 330 g/mol. The third-order valence-corrected chi connectivity index (χ3v) is 5.08. The minimum atomic E-state index is 0.194. The molecule has 0 aliphatic carbocycles. The number of hydrogen-bond acceptors (Lipinski definition) is 3. The van der Waals surface area contributed by atoms with Crippen molar-refractivity contribution in [1.82, 2.24) is 5.32 Å². The van der Waals surface area contributed by atoms with Gasteiger partial charge in [-0.1, -0.05) is 19.8 Å². The molecule has 3 N–H and O–H groups in total. The molecule has 1 aliphatic rings. The zero-order valence-electron chi connectivity index (χ0n) is 16.5. The van der Waals surface area contributed by atoms with E-state index in [9.17, 15) is 4.79 Å². The van der Waals surface area contributed by atoms with Gasteiger partial charge in [0.2, 0.25) is 0 Å². The largest absolute Gasteiger partial charge is 0.493 e. The average Bonchev–Trinajstić information content (AvgIpc) is 2.66. The first-order chi connectivity index (χ1) is 12.7. The van der Waals surface area contributed by atoms with Crippen molar-refractivity contribution in [3.63, 3.8) is 0 Å². The second kappa shape index (κ2) is 11.0. The summed E-state index contributed by atoms with van der Waals surface area (Å²) in [6, 6.07) is 6.14. The van der Waals surface area contributed by atoms with E-state index in [0.717, 1.165) is 57.2 Å². The molecule has 26 heavy (non-hydrogen) atoms. The van der Waals surface area contributed by atoms with Crippen LogP contribution in [-0.2, 0) is 11.3 Å². The van der Waals surface area contributed by atoms with Crippen molar-refractivity contribution in [2.24, 2.45) is 0 Å². The van der Waals surface area contributed by atoms with Gasteiger partial charge in [0.1, 0.15) is 32.7 Å². The summed E-state index contributed by atoms with van der Waals surface area (Å²) in [4.78, 5) is 15.0. The van der Waals surface area contributed by atoms with Gasteiger partial charge in [-0.2, -0.15) is 0 Å². The van der Waals surface area contributed by atoms with Crippen molar-refractivity contribution < 1.29 is 24.1 Å². The Hall–Kier alpha value is -1.79. The van der Waals surface area contributed by atoms with E-state index in [0.29, 0.717) is 6.54 Å². The first-order valence-corrected chi connectivity index (χ1v) is 9.81. The van der Waals surface area contributed by atoms with Crippen LogP contribution in [0.5, 0.6) is 11.5 Å². The number of amides is 1. The van der Waals surface area contributed by atoms with Gasteiger partial charge < -0.3 is 24.6 Å². The second-order valence-electron chi connectivity index (χ2n) is 7.10. The van der Waals surface area contributed by atoms with Gasteiger partial charge in [-0.15, -0.1) is 0 Å². The molecule has 1 saturated heterocycles. The number of benzene rings is 1. The number of quaternary nitrogens is 2. The Labute approximate surface area is 157 Å². The molecule has 1 amide bonds. The van der Waals surface area contributed by atoms with Crippen LogP contribution in [-0.4, -0.2) is 59.4 Å². The molecule has 6 heteroatoms. The molecule has 1 aromatic carbocycles. The first-order valence-electron chi connectivity index (χ1n) is 9.81. The predicted molar refractivity (Wildman–Crippen MR) is 102 cm³/mol. The van der Waals surface area contributed by atoms with Crippen LogP contribution in [0.15, 0.2) is 18.2 Å².